The third-order valence-electron chi connectivity index (χ3n) is 2.38. The van der Waals surface area contributed by atoms with Crippen LogP contribution in [0.3, 0.4) is 0 Å². The summed E-state index contributed by atoms with van der Waals surface area (Å²) in [5.74, 6) is 0.242. The zero-order chi connectivity index (χ0) is 12.8. The third-order valence-corrected chi connectivity index (χ3v) is 2.38. The van der Waals surface area contributed by atoms with Crippen molar-refractivity contribution in [1.29, 1.82) is 0 Å². The minimum atomic E-state index is -0.231. The highest BCUT2D eigenvalue weighted by molar-refractivity contribution is 5.69. The zero-order valence-corrected chi connectivity index (χ0v) is 12.1. The van der Waals surface area contributed by atoms with Gasteiger partial charge in [0.05, 0.1) is 19.9 Å². The molecule has 0 atom stereocenters. The Labute approximate surface area is 120 Å². The van der Waals surface area contributed by atoms with Crippen molar-refractivity contribution in [2.75, 3.05) is 6.61 Å². The number of aromatic nitrogens is 4. The highest BCUT2D eigenvalue weighted by Crippen LogP contribution is 1.96. The molecule has 0 aliphatic rings. The SMILES string of the molecule is C[n+]1ccn(CCC(=O)OCCc2ncno2)c1.[Br-]. The standard InChI is InChI=1S/C11H15N4O3.BrH/c1-14-5-6-15(9-14)4-2-11(16)17-7-3-10-12-8-13-18-10;/h5-6,8-9H,2-4,7H2,1H3;1H/q+1;/p-1. The Kier molecular flexibility index (Phi) is 6.20. The van der Waals surface area contributed by atoms with E-state index in [4.69, 9.17) is 9.26 Å². The molecule has 0 unspecified atom stereocenters. The summed E-state index contributed by atoms with van der Waals surface area (Å²) in [5.41, 5.74) is 0. The van der Waals surface area contributed by atoms with Crippen LogP contribution in [0, 0.1) is 0 Å². The molecule has 0 aliphatic heterocycles. The second-order valence-electron chi connectivity index (χ2n) is 3.87. The lowest BCUT2D eigenvalue weighted by molar-refractivity contribution is -0.671. The summed E-state index contributed by atoms with van der Waals surface area (Å²) in [5, 5.41) is 3.47. The number of carbonyl (C=O) groups excluding carboxylic acids is 1. The predicted octanol–water partition coefficient (Wildman–Crippen LogP) is -3.12. The summed E-state index contributed by atoms with van der Waals surface area (Å²) in [6, 6.07) is 0. The van der Waals surface area contributed by atoms with Gasteiger partial charge < -0.3 is 26.2 Å². The monoisotopic (exact) mass is 330 g/mol. The normalized spacial score (nSPS) is 9.95. The number of hydrogen-bond acceptors (Lipinski definition) is 5. The van der Waals surface area contributed by atoms with E-state index >= 15 is 0 Å². The summed E-state index contributed by atoms with van der Waals surface area (Å²) in [6.07, 6.45) is 7.85. The van der Waals surface area contributed by atoms with E-state index in [-0.39, 0.29) is 29.6 Å². The van der Waals surface area contributed by atoms with Crippen molar-refractivity contribution in [2.45, 2.75) is 19.4 Å². The maximum absolute atomic E-state index is 11.4. The van der Waals surface area contributed by atoms with Crippen LogP contribution in [0.4, 0.5) is 0 Å². The Hall–Kier alpha value is -1.70. The van der Waals surface area contributed by atoms with Crippen molar-refractivity contribution in [3.63, 3.8) is 0 Å². The summed E-state index contributed by atoms with van der Waals surface area (Å²) in [4.78, 5) is 15.3. The molecule has 0 radical (unpaired) electrons. The predicted molar refractivity (Wildman–Crippen MR) is 59.2 cm³/mol. The van der Waals surface area contributed by atoms with Gasteiger partial charge in [-0.25, -0.2) is 9.13 Å². The molecular weight excluding hydrogens is 316 g/mol. The molecule has 0 aromatic carbocycles. The number of nitrogens with zero attached hydrogens (tertiary/aromatic N) is 4. The second kappa shape index (κ2) is 7.67. The minimum absolute atomic E-state index is 0. The van der Waals surface area contributed by atoms with Crippen LogP contribution in [0.2, 0.25) is 0 Å². The molecule has 0 fully saturated rings. The number of halogens is 1. The highest BCUT2D eigenvalue weighted by Gasteiger charge is 2.08. The molecule has 8 heteroatoms. The number of hydrogen-bond donors (Lipinski definition) is 0. The Balaban J connectivity index is 0.00000180. The van der Waals surface area contributed by atoms with Crippen LogP contribution in [0.15, 0.2) is 29.6 Å². The van der Waals surface area contributed by atoms with Crippen LogP contribution < -0.4 is 21.5 Å². The van der Waals surface area contributed by atoms with Gasteiger partial charge in [0.25, 0.3) is 0 Å². The molecule has 2 aromatic heterocycles. The van der Waals surface area contributed by atoms with Gasteiger partial charge in [0.2, 0.25) is 12.2 Å². The minimum Gasteiger partial charge on any atom is -1.00 e. The fourth-order valence-electron chi connectivity index (χ4n) is 1.48. The van der Waals surface area contributed by atoms with Crippen molar-refractivity contribution >= 4 is 5.97 Å². The van der Waals surface area contributed by atoms with Crippen LogP contribution in [-0.4, -0.2) is 27.3 Å². The van der Waals surface area contributed by atoms with Crippen LogP contribution in [0.1, 0.15) is 12.3 Å². The number of imidazole rings is 1. The summed E-state index contributed by atoms with van der Waals surface area (Å²) in [7, 11) is 1.93. The lowest BCUT2D eigenvalue weighted by Gasteiger charge is -2.01. The van der Waals surface area contributed by atoms with Gasteiger partial charge in [-0.1, -0.05) is 5.16 Å². The van der Waals surface area contributed by atoms with Gasteiger partial charge in [-0.05, 0) is 0 Å². The van der Waals surface area contributed by atoms with E-state index in [2.05, 4.69) is 10.1 Å². The van der Waals surface area contributed by atoms with Gasteiger partial charge in [-0.15, -0.1) is 0 Å². The topological polar surface area (TPSA) is 74.0 Å². The number of ether oxygens (including phenoxy) is 1. The average Bonchev–Trinajstić information content (AvgIpc) is 2.98. The van der Waals surface area contributed by atoms with Gasteiger partial charge >= 0.3 is 5.97 Å². The quantitative estimate of drug-likeness (QED) is 0.414. The van der Waals surface area contributed by atoms with Crippen LogP contribution >= 0.6 is 0 Å². The lowest BCUT2D eigenvalue weighted by atomic mass is 10.4. The molecule has 0 amide bonds. The molecule has 0 saturated heterocycles. The van der Waals surface area contributed by atoms with E-state index in [1.807, 2.05) is 34.9 Å². The number of aryl methyl sites for hydroxylation is 2. The molecule has 2 heterocycles. The summed E-state index contributed by atoms with van der Waals surface area (Å²) < 4.78 is 13.7. The fourth-order valence-corrected chi connectivity index (χ4v) is 1.48. The molecule has 2 rings (SSSR count). The Morgan fingerprint density at radius 2 is 2.42 bits per heavy atom. The second-order valence-corrected chi connectivity index (χ2v) is 3.87. The maximum Gasteiger partial charge on any atom is 0.309 e. The molecule has 0 saturated carbocycles. The summed E-state index contributed by atoms with van der Waals surface area (Å²) in [6.45, 7) is 0.876. The molecule has 0 aliphatic carbocycles. The van der Waals surface area contributed by atoms with Gasteiger partial charge in [0.1, 0.15) is 25.5 Å². The van der Waals surface area contributed by atoms with Crippen LogP contribution in [0.25, 0.3) is 0 Å². The number of esters is 1. The number of rotatable bonds is 6. The largest absolute Gasteiger partial charge is 1.00 e. The van der Waals surface area contributed by atoms with Crippen molar-refractivity contribution in [1.82, 2.24) is 14.7 Å². The summed E-state index contributed by atoms with van der Waals surface area (Å²) >= 11 is 0. The van der Waals surface area contributed by atoms with Gasteiger partial charge in [-0.2, -0.15) is 4.98 Å². The molecule has 104 valence electrons. The van der Waals surface area contributed by atoms with Crippen molar-refractivity contribution in [3.8, 4) is 0 Å². The highest BCUT2D eigenvalue weighted by atomic mass is 79.9. The molecule has 0 bridgehead atoms. The first-order chi connectivity index (χ1) is 8.74. The Morgan fingerprint density at radius 3 is 3.05 bits per heavy atom. The average molecular weight is 331 g/mol. The molecule has 19 heavy (non-hydrogen) atoms. The first kappa shape index (κ1) is 15.4. The third kappa shape index (κ3) is 5.21. The van der Waals surface area contributed by atoms with E-state index in [9.17, 15) is 4.79 Å². The number of carbonyl (C=O) groups is 1. The fraction of sp³-hybridized carbons (Fsp3) is 0.455. The smallest absolute Gasteiger partial charge is 0.309 e. The van der Waals surface area contributed by atoms with Crippen LogP contribution in [-0.2, 0) is 29.5 Å². The molecule has 0 spiro atoms. The zero-order valence-electron chi connectivity index (χ0n) is 10.5. The van der Waals surface area contributed by atoms with E-state index in [1.165, 1.54) is 6.33 Å². The molecule has 7 nitrogen and oxygen atoms in total. The van der Waals surface area contributed by atoms with Crippen molar-refractivity contribution < 1.29 is 35.6 Å². The van der Waals surface area contributed by atoms with Crippen molar-refractivity contribution in [3.05, 3.63) is 30.9 Å². The molecule has 2 aromatic rings. The van der Waals surface area contributed by atoms with Gasteiger partial charge in [0.15, 0.2) is 6.33 Å². The molecular formula is C11H15BrN4O3. The Bertz CT molecular complexity index is 498. The van der Waals surface area contributed by atoms with Gasteiger partial charge in [0, 0.05) is 0 Å². The molecule has 0 N–H and O–H groups in total. The van der Waals surface area contributed by atoms with E-state index in [0.29, 0.717) is 25.3 Å². The Morgan fingerprint density at radius 1 is 1.58 bits per heavy atom. The van der Waals surface area contributed by atoms with E-state index in [0.717, 1.165) is 0 Å². The van der Waals surface area contributed by atoms with Crippen molar-refractivity contribution in [2.24, 2.45) is 7.05 Å². The first-order valence-corrected chi connectivity index (χ1v) is 5.66. The van der Waals surface area contributed by atoms with E-state index < -0.39 is 0 Å². The lowest BCUT2D eigenvalue weighted by Crippen LogP contribution is -3.00. The van der Waals surface area contributed by atoms with E-state index in [1.54, 1.807) is 0 Å². The first-order valence-electron chi connectivity index (χ1n) is 5.66. The maximum atomic E-state index is 11.4. The van der Waals surface area contributed by atoms with Gasteiger partial charge in [-0.3, -0.25) is 4.79 Å². The van der Waals surface area contributed by atoms with Crippen LogP contribution in [0.5, 0.6) is 0 Å².